The van der Waals surface area contributed by atoms with E-state index in [1.165, 1.54) is 0 Å². The third-order valence-electron chi connectivity index (χ3n) is 8.17. The highest BCUT2D eigenvalue weighted by Crippen LogP contribution is 2.64. The topological polar surface area (TPSA) is 166 Å². The molecule has 5 rings (SSSR count). The SMILES string of the molecule is CN1CCC23c4c5ccc(CO)c4OC2C(OC(=O)CCNC(=O)C[C@H](O)C(=O)O)=CC[C@@]3(O)[C@H]1C5. The molecule has 5 atom stereocenters. The average Bonchev–Trinajstić information content (AvgIpc) is 3.18. The van der Waals surface area contributed by atoms with Crippen LogP contribution in [0.25, 0.3) is 0 Å². The lowest BCUT2D eigenvalue weighted by Crippen LogP contribution is -2.74. The number of carboxylic acids is 1. The second kappa shape index (κ2) is 8.84. The van der Waals surface area contributed by atoms with Crippen molar-refractivity contribution < 1.29 is 44.3 Å². The molecule has 11 heteroatoms. The molecule has 194 valence electrons. The maximum absolute atomic E-state index is 12.6. The number of hydrogen-bond acceptors (Lipinski definition) is 9. The number of carboxylic acid groups (broad SMARTS) is 1. The lowest BCUT2D eigenvalue weighted by Gasteiger charge is -2.61. The number of hydrogen-bond donors (Lipinski definition) is 5. The largest absolute Gasteiger partial charge is 0.481 e. The molecule has 36 heavy (non-hydrogen) atoms. The van der Waals surface area contributed by atoms with Gasteiger partial charge in [-0.2, -0.15) is 0 Å². The number of carbonyl (C=O) groups is 3. The Kier molecular flexibility index (Phi) is 6.06. The van der Waals surface area contributed by atoms with Crippen LogP contribution in [0.1, 0.15) is 42.4 Å². The molecule has 0 radical (unpaired) electrons. The van der Waals surface area contributed by atoms with Gasteiger partial charge in [-0.25, -0.2) is 4.79 Å². The zero-order valence-electron chi connectivity index (χ0n) is 19.9. The summed E-state index contributed by atoms with van der Waals surface area (Å²) in [6.45, 7) is 0.413. The Morgan fingerprint density at radius 3 is 2.83 bits per heavy atom. The molecule has 2 aliphatic carbocycles. The van der Waals surface area contributed by atoms with Gasteiger partial charge in [-0.1, -0.05) is 12.1 Å². The first-order chi connectivity index (χ1) is 17.1. The lowest BCUT2D eigenvalue weighted by atomic mass is 9.50. The van der Waals surface area contributed by atoms with Crippen LogP contribution in [0.4, 0.5) is 0 Å². The van der Waals surface area contributed by atoms with E-state index >= 15 is 0 Å². The molecule has 5 N–H and O–H groups in total. The van der Waals surface area contributed by atoms with Crippen LogP contribution < -0.4 is 10.1 Å². The van der Waals surface area contributed by atoms with Gasteiger partial charge in [0.1, 0.15) is 11.5 Å². The minimum atomic E-state index is -1.81. The van der Waals surface area contributed by atoms with Crippen LogP contribution >= 0.6 is 0 Å². The Labute approximate surface area is 207 Å². The number of likely N-dealkylation sites (tertiary alicyclic amines) is 1. The molecule has 0 aromatic heterocycles. The molecule has 1 fully saturated rings. The number of benzene rings is 1. The first kappa shape index (κ1) is 24.7. The first-order valence-electron chi connectivity index (χ1n) is 12.1. The summed E-state index contributed by atoms with van der Waals surface area (Å²) in [4.78, 5) is 37.2. The second-order valence-corrected chi connectivity index (χ2v) is 10.0. The molecule has 2 aliphatic heterocycles. The number of nitrogens with one attached hydrogen (secondary N) is 1. The molecule has 2 heterocycles. The molecule has 1 amide bonds. The van der Waals surface area contributed by atoms with Gasteiger partial charge in [0.2, 0.25) is 5.91 Å². The third kappa shape index (κ3) is 3.52. The molecule has 0 saturated carbocycles. The highest BCUT2D eigenvalue weighted by Gasteiger charge is 2.71. The lowest BCUT2D eigenvalue weighted by molar-refractivity contribution is -0.169. The Hall–Kier alpha value is -2.99. The zero-order valence-corrected chi connectivity index (χ0v) is 19.9. The van der Waals surface area contributed by atoms with Crippen molar-refractivity contribution >= 4 is 17.8 Å². The summed E-state index contributed by atoms with van der Waals surface area (Å²) < 4.78 is 12.1. The number of piperidine rings is 1. The van der Waals surface area contributed by atoms with Gasteiger partial charge in [-0.05, 0) is 38.1 Å². The van der Waals surface area contributed by atoms with Crippen LogP contribution in [-0.4, -0.2) is 87.2 Å². The Morgan fingerprint density at radius 2 is 2.11 bits per heavy atom. The summed E-state index contributed by atoms with van der Waals surface area (Å²) in [5.74, 6) is -1.97. The molecule has 2 unspecified atom stereocenters. The zero-order chi connectivity index (χ0) is 25.8. The predicted octanol–water partition coefficient (Wildman–Crippen LogP) is -0.658. The Morgan fingerprint density at radius 1 is 1.33 bits per heavy atom. The first-order valence-corrected chi connectivity index (χ1v) is 12.1. The van der Waals surface area contributed by atoms with Gasteiger partial charge in [0.25, 0.3) is 0 Å². The summed E-state index contributed by atoms with van der Waals surface area (Å²) in [6.07, 6.45) is -0.131. The van der Waals surface area contributed by atoms with Crippen molar-refractivity contribution in [3.05, 3.63) is 40.7 Å². The standard InChI is InChI=1S/C25H30N2O9/c1-27-9-7-24-20-13-2-3-14(12-28)21(20)36-22(24)16(4-6-25(24,34)17(27)10-13)35-19(31)5-8-26-18(30)11-15(29)23(32)33/h2-4,15,17,22,28-29,34H,5-12H2,1H3,(H,26,30)(H,32,33)/t15-,17+,22?,24?,25+/m0/s1. The Bertz CT molecular complexity index is 1150. The van der Waals surface area contributed by atoms with Gasteiger partial charge in [0, 0.05) is 30.1 Å². The van der Waals surface area contributed by atoms with E-state index in [4.69, 9.17) is 14.6 Å². The molecule has 1 saturated heterocycles. The van der Waals surface area contributed by atoms with E-state index in [0.717, 1.165) is 17.7 Å². The van der Waals surface area contributed by atoms with Crippen molar-refractivity contribution in [2.24, 2.45) is 0 Å². The number of ether oxygens (including phenoxy) is 2. The number of esters is 1. The fraction of sp³-hybridized carbons (Fsp3) is 0.560. The maximum atomic E-state index is 12.6. The molecule has 11 nitrogen and oxygen atoms in total. The van der Waals surface area contributed by atoms with Crippen LogP contribution in [0.5, 0.6) is 5.75 Å². The molecule has 4 aliphatic rings. The van der Waals surface area contributed by atoms with Crippen LogP contribution in [0.3, 0.4) is 0 Å². The van der Waals surface area contributed by atoms with Gasteiger partial charge in [0.15, 0.2) is 12.2 Å². The summed E-state index contributed by atoms with van der Waals surface area (Å²) in [6, 6.07) is 3.68. The van der Waals surface area contributed by atoms with Gasteiger partial charge in [0.05, 0.1) is 30.5 Å². The fourth-order valence-corrected chi connectivity index (χ4v) is 6.45. The quantitative estimate of drug-likeness (QED) is 0.288. The monoisotopic (exact) mass is 502 g/mol. The molecular weight excluding hydrogens is 472 g/mol. The summed E-state index contributed by atoms with van der Waals surface area (Å²) in [7, 11) is 2.00. The number of likely N-dealkylation sites (N-methyl/N-ethyl adjacent to an activating group) is 1. The number of aliphatic hydroxyl groups is 3. The van der Waals surface area contributed by atoms with Crippen molar-refractivity contribution in [2.75, 3.05) is 20.1 Å². The summed E-state index contributed by atoms with van der Waals surface area (Å²) in [5, 5.41) is 42.4. The van der Waals surface area contributed by atoms with E-state index in [0.29, 0.717) is 29.9 Å². The van der Waals surface area contributed by atoms with E-state index in [9.17, 15) is 29.7 Å². The number of nitrogens with zero attached hydrogens (tertiary/aromatic N) is 1. The maximum Gasteiger partial charge on any atom is 0.333 e. The number of rotatable bonds is 8. The predicted molar refractivity (Wildman–Crippen MR) is 123 cm³/mol. The smallest absolute Gasteiger partial charge is 0.333 e. The molecule has 1 aromatic rings. The third-order valence-corrected chi connectivity index (χ3v) is 8.17. The highest BCUT2D eigenvalue weighted by atomic mass is 16.6. The van der Waals surface area contributed by atoms with E-state index in [2.05, 4.69) is 10.2 Å². The molecule has 1 spiro atoms. The fourth-order valence-electron chi connectivity index (χ4n) is 6.45. The van der Waals surface area contributed by atoms with Crippen LogP contribution in [0.2, 0.25) is 0 Å². The average molecular weight is 503 g/mol. The van der Waals surface area contributed by atoms with Crippen LogP contribution in [0, 0.1) is 0 Å². The van der Waals surface area contributed by atoms with Gasteiger partial charge in [-0.3, -0.25) is 9.59 Å². The number of carbonyl (C=O) groups excluding carboxylic acids is 2. The van der Waals surface area contributed by atoms with Gasteiger partial charge < -0.3 is 40.1 Å². The second-order valence-electron chi connectivity index (χ2n) is 10.0. The van der Waals surface area contributed by atoms with E-state index in [-0.39, 0.29) is 32.0 Å². The molecule has 2 bridgehead atoms. The number of amides is 1. The highest BCUT2D eigenvalue weighted by molar-refractivity contribution is 5.83. The van der Waals surface area contributed by atoms with E-state index < -0.39 is 47.5 Å². The summed E-state index contributed by atoms with van der Waals surface area (Å²) in [5.41, 5.74) is 0.631. The van der Waals surface area contributed by atoms with E-state index in [1.807, 2.05) is 19.2 Å². The van der Waals surface area contributed by atoms with Crippen LogP contribution in [-0.2, 0) is 37.6 Å². The molecule has 1 aromatic carbocycles. The summed E-state index contributed by atoms with van der Waals surface area (Å²) >= 11 is 0. The van der Waals surface area contributed by atoms with Crippen molar-refractivity contribution in [3.8, 4) is 5.75 Å². The van der Waals surface area contributed by atoms with Crippen LogP contribution in [0.15, 0.2) is 24.0 Å². The molecular formula is C25H30N2O9. The Balaban J connectivity index is 1.36. The van der Waals surface area contributed by atoms with Crippen molar-refractivity contribution in [3.63, 3.8) is 0 Å². The minimum absolute atomic E-state index is 0.0935. The van der Waals surface area contributed by atoms with Crippen molar-refractivity contribution in [1.29, 1.82) is 0 Å². The number of aliphatic hydroxyl groups excluding tert-OH is 2. The number of aliphatic carboxylic acids is 1. The minimum Gasteiger partial charge on any atom is -0.481 e. The van der Waals surface area contributed by atoms with Gasteiger partial charge >= 0.3 is 11.9 Å². The normalized spacial score (nSPS) is 30.5. The van der Waals surface area contributed by atoms with Crippen molar-refractivity contribution in [2.45, 2.75) is 68.0 Å². The van der Waals surface area contributed by atoms with Crippen molar-refractivity contribution in [1.82, 2.24) is 10.2 Å². The van der Waals surface area contributed by atoms with Gasteiger partial charge in [-0.15, -0.1) is 0 Å². The van der Waals surface area contributed by atoms with E-state index in [1.54, 1.807) is 6.08 Å².